The van der Waals surface area contributed by atoms with Crippen LogP contribution >= 0.6 is 11.6 Å². The SMILES string of the molecule is COC1=CC(=O)C2([C@@H]1O)[C@@H](Cl)C[C@@]13C(OC)=C(OC)C(=O)CC21CCN3C. The molecule has 0 amide bonds. The van der Waals surface area contributed by atoms with Crippen molar-refractivity contribution in [3.63, 3.8) is 0 Å². The maximum Gasteiger partial charge on any atom is 0.201 e. The molecule has 1 N–H and O–H groups in total. The van der Waals surface area contributed by atoms with Crippen LogP contribution in [-0.4, -0.2) is 73.5 Å². The van der Waals surface area contributed by atoms with E-state index in [4.69, 9.17) is 25.8 Å². The van der Waals surface area contributed by atoms with Gasteiger partial charge in [0.2, 0.25) is 11.5 Å². The van der Waals surface area contributed by atoms with Crippen LogP contribution in [0.3, 0.4) is 0 Å². The molecule has 1 saturated carbocycles. The monoisotopic (exact) mass is 397 g/mol. The number of likely N-dealkylation sites (N-methyl/N-ethyl adjacent to an activating group) is 1. The summed E-state index contributed by atoms with van der Waals surface area (Å²) >= 11 is 6.85. The summed E-state index contributed by atoms with van der Waals surface area (Å²) in [6, 6.07) is 0. The average molecular weight is 398 g/mol. The third-order valence-electron chi connectivity index (χ3n) is 7.40. The highest BCUT2D eigenvalue weighted by molar-refractivity contribution is 6.25. The first-order valence-electron chi connectivity index (χ1n) is 8.97. The van der Waals surface area contributed by atoms with Crippen LogP contribution in [-0.2, 0) is 23.8 Å². The molecule has 4 rings (SSSR count). The van der Waals surface area contributed by atoms with Crippen molar-refractivity contribution < 1.29 is 28.9 Å². The number of nitrogens with zero attached hydrogens (tertiary/aromatic N) is 1. The highest BCUT2D eigenvalue weighted by Gasteiger charge is 2.83. The molecule has 0 bridgehead atoms. The van der Waals surface area contributed by atoms with Gasteiger partial charge in [-0.05, 0) is 26.4 Å². The average Bonchev–Trinajstić information content (AvgIpc) is 3.15. The van der Waals surface area contributed by atoms with Gasteiger partial charge in [-0.15, -0.1) is 11.6 Å². The lowest BCUT2D eigenvalue weighted by atomic mass is 9.52. The molecule has 2 fully saturated rings. The number of Topliss-reactive ketones (excluding diaryl/α,β-unsaturated/α-hetero) is 1. The number of aliphatic hydroxyl groups excluding tert-OH is 1. The van der Waals surface area contributed by atoms with Gasteiger partial charge < -0.3 is 19.3 Å². The predicted molar refractivity (Wildman–Crippen MR) is 95.9 cm³/mol. The zero-order valence-electron chi connectivity index (χ0n) is 15.9. The molecule has 1 spiro atoms. The smallest absolute Gasteiger partial charge is 0.201 e. The molecule has 4 aliphatic rings. The van der Waals surface area contributed by atoms with E-state index in [1.807, 2.05) is 7.05 Å². The van der Waals surface area contributed by atoms with Crippen LogP contribution in [0.4, 0.5) is 0 Å². The summed E-state index contributed by atoms with van der Waals surface area (Å²) in [5, 5.41) is 10.5. The largest absolute Gasteiger partial charge is 0.498 e. The van der Waals surface area contributed by atoms with Gasteiger partial charge in [-0.3, -0.25) is 14.5 Å². The lowest BCUT2D eigenvalue weighted by Crippen LogP contribution is -2.63. The summed E-state index contributed by atoms with van der Waals surface area (Å²) in [4.78, 5) is 28.4. The number of carbonyl (C=O) groups is 2. The number of hydrogen-bond acceptors (Lipinski definition) is 7. The molecule has 0 aromatic carbocycles. The quantitative estimate of drug-likeness (QED) is 0.711. The van der Waals surface area contributed by atoms with Crippen molar-refractivity contribution in [1.29, 1.82) is 0 Å². The van der Waals surface area contributed by atoms with Gasteiger partial charge in [-0.25, -0.2) is 0 Å². The van der Waals surface area contributed by atoms with Crippen LogP contribution in [0.1, 0.15) is 19.3 Å². The maximum atomic E-state index is 13.3. The Balaban J connectivity index is 2.04. The third-order valence-corrected chi connectivity index (χ3v) is 7.90. The van der Waals surface area contributed by atoms with E-state index in [-0.39, 0.29) is 29.5 Å². The fourth-order valence-electron chi connectivity index (χ4n) is 6.42. The minimum atomic E-state index is -1.34. The Hall–Kier alpha value is -1.57. The Morgan fingerprint density at radius 1 is 1.22 bits per heavy atom. The molecule has 5 atom stereocenters. The minimum absolute atomic E-state index is 0.0597. The Morgan fingerprint density at radius 2 is 1.93 bits per heavy atom. The first kappa shape index (κ1) is 18.8. The maximum absolute atomic E-state index is 13.3. The second-order valence-corrected chi connectivity index (χ2v) is 8.37. The van der Waals surface area contributed by atoms with E-state index >= 15 is 0 Å². The lowest BCUT2D eigenvalue weighted by Gasteiger charge is -2.53. The highest BCUT2D eigenvalue weighted by Crippen LogP contribution is 2.74. The number of allylic oxidation sites excluding steroid dienone is 2. The van der Waals surface area contributed by atoms with Crippen molar-refractivity contribution >= 4 is 23.2 Å². The fraction of sp³-hybridized carbons (Fsp3) is 0.684. The van der Waals surface area contributed by atoms with Gasteiger partial charge in [0, 0.05) is 17.9 Å². The van der Waals surface area contributed by atoms with Gasteiger partial charge in [0.15, 0.2) is 11.5 Å². The summed E-state index contributed by atoms with van der Waals surface area (Å²) in [6.07, 6.45) is 1.08. The molecular formula is C19H24ClNO6. The number of halogens is 1. The molecule has 1 heterocycles. The molecule has 0 aromatic heterocycles. The summed E-state index contributed by atoms with van der Waals surface area (Å²) in [5.41, 5.74) is -3.05. The molecule has 2 unspecified atom stereocenters. The third kappa shape index (κ3) is 1.72. The highest BCUT2D eigenvalue weighted by atomic mass is 35.5. The Morgan fingerprint density at radius 3 is 2.48 bits per heavy atom. The normalized spacial score (nSPS) is 43.9. The number of aliphatic hydroxyl groups is 1. The van der Waals surface area contributed by atoms with Crippen LogP contribution in [0.25, 0.3) is 0 Å². The van der Waals surface area contributed by atoms with Crippen LogP contribution < -0.4 is 0 Å². The van der Waals surface area contributed by atoms with E-state index in [0.717, 1.165) is 0 Å². The van der Waals surface area contributed by atoms with Crippen LogP contribution in [0.5, 0.6) is 0 Å². The number of hydrogen-bond donors (Lipinski definition) is 1. The molecule has 0 radical (unpaired) electrons. The molecule has 3 aliphatic carbocycles. The number of alkyl halides is 1. The number of carbonyl (C=O) groups excluding carboxylic acids is 2. The van der Waals surface area contributed by atoms with Crippen molar-refractivity contribution in [3.8, 4) is 0 Å². The Labute approximate surface area is 162 Å². The van der Waals surface area contributed by atoms with E-state index in [1.54, 1.807) is 0 Å². The first-order valence-corrected chi connectivity index (χ1v) is 9.41. The van der Waals surface area contributed by atoms with Gasteiger partial charge in [0.25, 0.3) is 0 Å². The topological polar surface area (TPSA) is 85.3 Å². The van der Waals surface area contributed by atoms with Crippen LogP contribution in [0.15, 0.2) is 23.4 Å². The molecule has 148 valence electrons. The van der Waals surface area contributed by atoms with E-state index in [0.29, 0.717) is 25.1 Å². The molecule has 27 heavy (non-hydrogen) atoms. The van der Waals surface area contributed by atoms with Gasteiger partial charge >= 0.3 is 0 Å². The predicted octanol–water partition coefficient (Wildman–Crippen LogP) is 0.996. The van der Waals surface area contributed by atoms with Crippen molar-refractivity contribution in [3.05, 3.63) is 23.4 Å². The van der Waals surface area contributed by atoms with E-state index in [9.17, 15) is 14.7 Å². The second-order valence-electron chi connectivity index (χ2n) is 7.84. The molecular weight excluding hydrogens is 374 g/mol. The van der Waals surface area contributed by atoms with Gasteiger partial charge in [0.1, 0.15) is 11.9 Å². The number of likely N-dealkylation sites (tertiary alicyclic amines) is 1. The van der Waals surface area contributed by atoms with E-state index in [1.165, 1.54) is 27.4 Å². The molecule has 1 saturated heterocycles. The standard InChI is InChI=1S/C19H24ClNO6/c1-21-6-5-17-8-10(22)14(26-3)16(27-4)18(17,21)9-12(20)19(17)13(23)7-11(25-2)15(19)24/h7,12,15,24H,5-6,8-9H2,1-4H3/t12-,15+,17?,18+,19?/m0/s1. The summed E-state index contributed by atoms with van der Waals surface area (Å²) in [5.74, 6) is 0.236. The Bertz CT molecular complexity index is 793. The number of ether oxygens (including phenoxy) is 3. The zero-order chi connectivity index (χ0) is 19.8. The second kappa shape index (κ2) is 5.72. The van der Waals surface area contributed by atoms with Crippen LogP contribution in [0, 0.1) is 10.8 Å². The molecule has 0 aromatic rings. The van der Waals surface area contributed by atoms with E-state index in [2.05, 4.69) is 4.90 Å². The van der Waals surface area contributed by atoms with Crippen molar-refractivity contribution in [2.75, 3.05) is 34.9 Å². The molecule has 8 heteroatoms. The molecule has 7 nitrogen and oxygen atoms in total. The number of rotatable bonds is 3. The summed E-state index contributed by atoms with van der Waals surface area (Å²) in [7, 11) is 6.29. The van der Waals surface area contributed by atoms with Crippen molar-refractivity contribution in [1.82, 2.24) is 4.90 Å². The summed E-state index contributed by atoms with van der Waals surface area (Å²) in [6.45, 7) is 0.644. The fourth-order valence-corrected chi connectivity index (χ4v) is 7.08. The van der Waals surface area contributed by atoms with Gasteiger partial charge in [-0.1, -0.05) is 0 Å². The lowest BCUT2D eigenvalue weighted by molar-refractivity contribution is -0.148. The Kier molecular flexibility index (Phi) is 3.98. The summed E-state index contributed by atoms with van der Waals surface area (Å²) < 4.78 is 16.4. The number of ketones is 2. The van der Waals surface area contributed by atoms with E-state index < -0.39 is 27.8 Å². The zero-order valence-corrected chi connectivity index (χ0v) is 16.6. The van der Waals surface area contributed by atoms with Gasteiger partial charge in [0.05, 0.1) is 37.7 Å². The van der Waals surface area contributed by atoms with Crippen molar-refractivity contribution in [2.24, 2.45) is 10.8 Å². The van der Waals surface area contributed by atoms with Crippen LogP contribution in [0.2, 0.25) is 0 Å². The minimum Gasteiger partial charge on any atom is -0.498 e. The first-order chi connectivity index (χ1) is 12.8. The molecule has 1 aliphatic heterocycles. The van der Waals surface area contributed by atoms with Crippen molar-refractivity contribution in [2.45, 2.75) is 36.3 Å². The number of methoxy groups -OCH3 is 3. The van der Waals surface area contributed by atoms with Gasteiger partial charge in [-0.2, -0.15) is 0 Å².